The van der Waals surface area contributed by atoms with Crippen molar-refractivity contribution in [3.05, 3.63) is 134 Å². The van der Waals surface area contributed by atoms with E-state index in [2.05, 4.69) is 15.5 Å². The number of carbonyl (C=O) groups excluding carboxylic acids is 1. The molecule has 4 aromatic rings. The van der Waals surface area contributed by atoms with Crippen LogP contribution in [0.2, 0.25) is 10.0 Å². The molecule has 2 unspecified atom stereocenters. The molecular formula is C37H37Cl3F3N3O3. The molecule has 0 radical (unpaired) electrons. The Bertz CT molecular complexity index is 1680. The highest BCUT2D eigenvalue weighted by molar-refractivity contribution is 6.30. The highest BCUT2D eigenvalue weighted by Gasteiger charge is 2.53. The molecule has 260 valence electrons. The number of nitrogens with one attached hydrogen (secondary N) is 2. The molecule has 0 aliphatic carbocycles. The minimum Gasteiger partial charge on any atom is -0.491 e. The van der Waals surface area contributed by atoms with E-state index in [1.54, 1.807) is 50.2 Å². The minimum atomic E-state index is -4.62. The summed E-state index contributed by atoms with van der Waals surface area (Å²) < 4.78 is 53.5. The molecule has 0 spiro atoms. The second-order valence-corrected chi connectivity index (χ2v) is 13.3. The molecule has 4 aromatic carbocycles. The lowest BCUT2D eigenvalue weighted by Crippen LogP contribution is -2.53. The van der Waals surface area contributed by atoms with Crippen molar-refractivity contribution < 1.29 is 27.4 Å². The summed E-state index contributed by atoms with van der Waals surface area (Å²) in [5.74, 6) is -0.423. The Morgan fingerprint density at radius 3 is 1.90 bits per heavy atom. The highest BCUT2D eigenvalue weighted by Crippen LogP contribution is 2.46. The number of Topliss-reactive ketones (excluding diaryl/α,β-unsaturated/α-hetero) is 1. The number of hydrogen-bond acceptors (Lipinski definition) is 6. The van der Waals surface area contributed by atoms with Gasteiger partial charge >= 0.3 is 6.18 Å². The maximum atomic E-state index is 15.0. The number of nitrogens with zero attached hydrogens (tertiary/aromatic N) is 1. The van der Waals surface area contributed by atoms with Crippen molar-refractivity contribution in [2.45, 2.75) is 50.4 Å². The molecule has 6 rings (SSSR count). The maximum absolute atomic E-state index is 15.0. The van der Waals surface area contributed by atoms with E-state index in [1.807, 2.05) is 36.4 Å². The molecule has 2 fully saturated rings. The average Bonchev–Trinajstić information content (AvgIpc) is 3.47. The SMILES string of the molecule is CC(C)Oc1cc(C(F)(F)F)ccc1C1(C(=O)c2ccc(CN3CCOCC3)cc2)NC(c2ccc(Cl)cc2)C(c2ccc(Cl)cc2)N1.Cl. The monoisotopic (exact) mass is 733 g/mol. The summed E-state index contributed by atoms with van der Waals surface area (Å²) in [6.45, 7) is 7.16. The van der Waals surface area contributed by atoms with Gasteiger partial charge in [-0.2, -0.15) is 13.2 Å². The van der Waals surface area contributed by atoms with Gasteiger partial charge in [-0.1, -0.05) is 77.8 Å². The Hall–Kier alpha value is -3.15. The maximum Gasteiger partial charge on any atom is 0.416 e. The van der Waals surface area contributed by atoms with Gasteiger partial charge in [-0.05, 0) is 66.9 Å². The third kappa shape index (κ3) is 8.26. The summed E-state index contributed by atoms with van der Waals surface area (Å²) in [4.78, 5) is 17.3. The zero-order chi connectivity index (χ0) is 34.1. The fraction of sp³-hybridized carbons (Fsp3) is 0.324. The molecule has 49 heavy (non-hydrogen) atoms. The molecular weight excluding hydrogens is 698 g/mol. The van der Waals surface area contributed by atoms with E-state index >= 15 is 0 Å². The summed E-state index contributed by atoms with van der Waals surface area (Å²) in [7, 11) is 0. The van der Waals surface area contributed by atoms with Gasteiger partial charge in [0.15, 0.2) is 5.66 Å². The Balaban J connectivity index is 0.00000468. The van der Waals surface area contributed by atoms with Gasteiger partial charge in [0.2, 0.25) is 5.78 Å². The Labute approximate surface area is 300 Å². The van der Waals surface area contributed by atoms with Crippen LogP contribution in [-0.2, 0) is 23.1 Å². The van der Waals surface area contributed by atoms with Crippen LogP contribution in [0.15, 0.2) is 91.0 Å². The molecule has 6 nitrogen and oxygen atoms in total. The van der Waals surface area contributed by atoms with E-state index < -0.39 is 35.6 Å². The summed E-state index contributed by atoms with van der Waals surface area (Å²) >= 11 is 12.5. The molecule has 0 saturated carbocycles. The standard InChI is InChI=1S/C37H36Cl2F3N3O3.ClH/c1-23(2)48-32-21-28(37(40,41)42)11-16-31(32)36(35(46)27-5-3-24(4-6-27)22-45-17-19-47-20-18-45)43-33(25-7-12-29(38)13-8-25)34(44-36)26-9-14-30(39)15-10-26;/h3-16,21,23,33-34,43-44H,17-20,22H2,1-2H3;1H. The van der Waals surface area contributed by atoms with Gasteiger partial charge in [0, 0.05) is 40.8 Å². The second-order valence-electron chi connectivity index (χ2n) is 12.4. The van der Waals surface area contributed by atoms with E-state index in [0.29, 0.717) is 35.4 Å². The Morgan fingerprint density at radius 1 is 0.878 bits per heavy atom. The van der Waals surface area contributed by atoms with Crippen LogP contribution in [0.5, 0.6) is 5.75 Å². The first kappa shape index (κ1) is 37.1. The summed E-state index contributed by atoms with van der Waals surface area (Å²) in [5, 5.41) is 8.19. The highest BCUT2D eigenvalue weighted by atomic mass is 35.5. The zero-order valence-corrected chi connectivity index (χ0v) is 29.2. The summed E-state index contributed by atoms with van der Waals surface area (Å²) in [5.41, 5.74) is 0.713. The fourth-order valence-corrected chi connectivity index (χ4v) is 6.58. The van der Waals surface area contributed by atoms with Crippen molar-refractivity contribution in [2.75, 3.05) is 26.3 Å². The number of rotatable bonds is 9. The third-order valence-corrected chi connectivity index (χ3v) is 9.18. The molecule has 2 aliphatic heterocycles. The number of morpholine rings is 1. The summed E-state index contributed by atoms with van der Waals surface area (Å²) in [6.07, 6.45) is -5.09. The van der Waals surface area contributed by atoms with Crippen LogP contribution in [-0.4, -0.2) is 43.1 Å². The Morgan fingerprint density at radius 2 is 1.41 bits per heavy atom. The van der Waals surface area contributed by atoms with Crippen LogP contribution < -0.4 is 15.4 Å². The van der Waals surface area contributed by atoms with Gasteiger partial charge in [-0.3, -0.25) is 20.3 Å². The van der Waals surface area contributed by atoms with Gasteiger partial charge in [0.05, 0.1) is 37.0 Å². The number of ketones is 1. The molecule has 0 amide bonds. The number of benzene rings is 4. The second kappa shape index (κ2) is 15.4. The Kier molecular flexibility index (Phi) is 11.7. The molecule has 0 bridgehead atoms. The van der Waals surface area contributed by atoms with Crippen LogP contribution in [0.25, 0.3) is 0 Å². The molecule has 2 saturated heterocycles. The largest absolute Gasteiger partial charge is 0.491 e. The van der Waals surface area contributed by atoms with Crippen molar-refractivity contribution in [2.24, 2.45) is 0 Å². The number of hydrogen-bond donors (Lipinski definition) is 2. The molecule has 2 atom stereocenters. The first-order chi connectivity index (χ1) is 22.9. The number of halogens is 6. The van der Waals surface area contributed by atoms with E-state index in [0.717, 1.165) is 41.9 Å². The summed E-state index contributed by atoms with van der Waals surface area (Å²) in [6, 6.07) is 24.1. The van der Waals surface area contributed by atoms with E-state index in [4.69, 9.17) is 32.7 Å². The molecule has 2 N–H and O–H groups in total. The lowest BCUT2D eigenvalue weighted by Gasteiger charge is -2.33. The van der Waals surface area contributed by atoms with Gasteiger partial charge in [-0.15, -0.1) is 12.4 Å². The number of carbonyl (C=O) groups is 1. The fourth-order valence-electron chi connectivity index (χ4n) is 6.33. The normalized spacial score (nSPS) is 21.4. The number of alkyl halides is 3. The lowest BCUT2D eigenvalue weighted by atomic mass is 9.88. The van der Waals surface area contributed by atoms with Crippen molar-refractivity contribution in [3.63, 3.8) is 0 Å². The van der Waals surface area contributed by atoms with Crippen molar-refractivity contribution >= 4 is 41.4 Å². The average molecular weight is 735 g/mol. The lowest BCUT2D eigenvalue weighted by molar-refractivity contribution is -0.137. The van der Waals surface area contributed by atoms with Gasteiger partial charge in [0.25, 0.3) is 0 Å². The number of ether oxygens (including phenoxy) is 2. The van der Waals surface area contributed by atoms with Crippen molar-refractivity contribution in [1.29, 1.82) is 0 Å². The third-order valence-electron chi connectivity index (χ3n) is 8.68. The molecule has 2 aliphatic rings. The van der Waals surface area contributed by atoms with E-state index in [-0.39, 0.29) is 29.5 Å². The zero-order valence-electron chi connectivity index (χ0n) is 26.9. The van der Waals surface area contributed by atoms with Gasteiger partial charge in [0.1, 0.15) is 5.75 Å². The van der Waals surface area contributed by atoms with Crippen molar-refractivity contribution in [1.82, 2.24) is 15.5 Å². The topological polar surface area (TPSA) is 62.8 Å². The van der Waals surface area contributed by atoms with Crippen LogP contribution in [0, 0.1) is 0 Å². The van der Waals surface area contributed by atoms with Crippen LogP contribution in [0.1, 0.15) is 64.1 Å². The van der Waals surface area contributed by atoms with E-state index in [1.165, 1.54) is 6.07 Å². The molecule has 2 heterocycles. The van der Waals surface area contributed by atoms with E-state index in [9.17, 15) is 18.0 Å². The predicted molar refractivity (Wildman–Crippen MR) is 188 cm³/mol. The first-order valence-corrected chi connectivity index (χ1v) is 16.6. The van der Waals surface area contributed by atoms with Crippen LogP contribution in [0.3, 0.4) is 0 Å². The van der Waals surface area contributed by atoms with Crippen LogP contribution in [0.4, 0.5) is 13.2 Å². The van der Waals surface area contributed by atoms with Crippen molar-refractivity contribution in [3.8, 4) is 5.75 Å². The smallest absolute Gasteiger partial charge is 0.416 e. The predicted octanol–water partition coefficient (Wildman–Crippen LogP) is 8.76. The first-order valence-electron chi connectivity index (χ1n) is 15.8. The molecule has 12 heteroatoms. The quantitative estimate of drug-likeness (QED) is 0.168. The minimum absolute atomic E-state index is 0. The van der Waals surface area contributed by atoms with Gasteiger partial charge in [-0.25, -0.2) is 0 Å². The van der Waals surface area contributed by atoms with Crippen LogP contribution >= 0.6 is 35.6 Å². The van der Waals surface area contributed by atoms with Gasteiger partial charge < -0.3 is 9.47 Å². The molecule has 0 aromatic heterocycles.